The van der Waals surface area contributed by atoms with Crippen molar-refractivity contribution in [1.29, 1.82) is 0 Å². The first-order valence-electron chi connectivity index (χ1n) is 6.94. The van der Waals surface area contributed by atoms with E-state index in [4.69, 9.17) is 15.2 Å². The topological polar surface area (TPSA) is 44.5 Å². The molecule has 0 aliphatic heterocycles. The molecule has 0 unspecified atom stereocenters. The third kappa shape index (κ3) is 3.83. The minimum absolute atomic E-state index is 0.697. The maximum atomic E-state index is 5.84. The third-order valence-electron chi connectivity index (χ3n) is 3.39. The second-order valence-electron chi connectivity index (χ2n) is 5.02. The van der Waals surface area contributed by atoms with Crippen molar-refractivity contribution in [3.8, 4) is 11.5 Å². The Labute approximate surface area is 109 Å². The first kappa shape index (κ1) is 13.1. The van der Waals surface area contributed by atoms with Crippen molar-refractivity contribution in [2.45, 2.75) is 39.0 Å². The van der Waals surface area contributed by atoms with E-state index in [-0.39, 0.29) is 0 Å². The smallest absolute Gasteiger partial charge is 0.125 e. The second kappa shape index (κ2) is 6.53. The number of rotatable bonds is 7. The van der Waals surface area contributed by atoms with Gasteiger partial charge in [0.25, 0.3) is 0 Å². The van der Waals surface area contributed by atoms with Gasteiger partial charge in [0, 0.05) is 23.9 Å². The normalized spacial score (nSPS) is 15.2. The zero-order chi connectivity index (χ0) is 12.8. The Morgan fingerprint density at radius 1 is 1.11 bits per heavy atom. The molecule has 1 fully saturated rings. The average molecular weight is 249 g/mol. The molecule has 0 amide bonds. The van der Waals surface area contributed by atoms with Crippen LogP contribution in [0.15, 0.2) is 18.2 Å². The van der Waals surface area contributed by atoms with Crippen LogP contribution < -0.4 is 15.2 Å². The molecule has 1 aromatic carbocycles. The van der Waals surface area contributed by atoms with Crippen LogP contribution in [-0.2, 0) is 0 Å². The molecule has 1 aromatic rings. The zero-order valence-corrected chi connectivity index (χ0v) is 11.2. The summed E-state index contributed by atoms with van der Waals surface area (Å²) in [6, 6.07) is 5.63. The summed E-state index contributed by atoms with van der Waals surface area (Å²) in [5.41, 5.74) is 6.54. The maximum Gasteiger partial charge on any atom is 0.125 e. The van der Waals surface area contributed by atoms with Crippen LogP contribution in [0.5, 0.6) is 11.5 Å². The van der Waals surface area contributed by atoms with Crippen LogP contribution in [0.2, 0.25) is 0 Å². The van der Waals surface area contributed by atoms with E-state index < -0.39 is 0 Å². The lowest BCUT2D eigenvalue weighted by atomic mass is 9.83. The molecule has 0 bridgehead atoms. The van der Waals surface area contributed by atoms with Crippen LogP contribution in [-0.4, -0.2) is 13.2 Å². The number of ether oxygens (including phenoxy) is 2. The Balaban J connectivity index is 1.83. The second-order valence-corrected chi connectivity index (χ2v) is 5.02. The summed E-state index contributed by atoms with van der Waals surface area (Å²) in [7, 11) is 0. The first-order chi connectivity index (χ1) is 8.78. The largest absolute Gasteiger partial charge is 0.493 e. The summed E-state index contributed by atoms with van der Waals surface area (Å²) in [6.07, 6.45) is 6.26. The molecule has 1 aliphatic rings. The zero-order valence-electron chi connectivity index (χ0n) is 11.2. The number of nitrogens with two attached hydrogens (primary N) is 1. The van der Waals surface area contributed by atoms with E-state index in [0.717, 1.165) is 36.9 Å². The molecule has 1 saturated carbocycles. The van der Waals surface area contributed by atoms with Gasteiger partial charge in [0.05, 0.1) is 13.2 Å². The molecule has 0 spiro atoms. The predicted molar refractivity (Wildman–Crippen MR) is 74.1 cm³/mol. The van der Waals surface area contributed by atoms with E-state index in [9.17, 15) is 0 Å². The molecule has 2 rings (SSSR count). The van der Waals surface area contributed by atoms with E-state index >= 15 is 0 Å². The predicted octanol–water partition coefficient (Wildman–Crippen LogP) is 3.63. The molecular formula is C15H23NO2. The fourth-order valence-electron chi connectivity index (χ4n) is 2.11. The highest BCUT2D eigenvalue weighted by Gasteiger charge is 2.16. The van der Waals surface area contributed by atoms with Crippen molar-refractivity contribution in [1.82, 2.24) is 0 Å². The Hall–Kier alpha value is -1.38. The molecule has 3 nitrogen and oxygen atoms in total. The maximum absolute atomic E-state index is 5.84. The van der Waals surface area contributed by atoms with Crippen LogP contribution in [0.1, 0.15) is 39.0 Å². The van der Waals surface area contributed by atoms with Gasteiger partial charge in [-0.25, -0.2) is 0 Å². The summed E-state index contributed by atoms with van der Waals surface area (Å²) in [5.74, 6) is 2.50. The fourth-order valence-corrected chi connectivity index (χ4v) is 2.11. The summed E-state index contributed by atoms with van der Waals surface area (Å²) < 4.78 is 11.3. The van der Waals surface area contributed by atoms with Crippen molar-refractivity contribution in [2.75, 3.05) is 18.9 Å². The van der Waals surface area contributed by atoms with Gasteiger partial charge in [-0.2, -0.15) is 0 Å². The summed E-state index contributed by atoms with van der Waals surface area (Å²) in [5, 5.41) is 0. The van der Waals surface area contributed by atoms with Gasteiger partial charge >= 0.3 is 0 Å². The van der Waals surface area contributed by atoms with Gasteiger partial charge in [-0.1, -0.05) is 26.2 Å². The molecule has 0 saturated heterocycles. The van der Waals surface area contributed by atoms with Crippen molar-refractivity contribution >= 4 is 5.69 Å². The van der Waals surface area contributed by atoms with Crippen LogP contribution in [0, 0.1) is 5.92 Å². The van der Waals surface area contributed by atoms with Gasteiger partial charge in [-0.05, 0) is 18.8 Å². The molecule has 1 aliphatic carbocycles. The first-order valence-corrected chi connectivity index (χ1v) is 6.94. The molecule has 18 heavy (non-hydrogen) atoms. The third-order valence-corrected chi connectivity index (χ3v) is 3.39. The highest BCUT2D eigenvalue weighted by atomic mass is 16.5. The van der Waals surface area contributed by atoms with Crippen molar-refractivity contribution < 1.29 is 9.47 Å². The number of benzene rings is 1. The SMILES string of the molecule is CCCOc1cc(N)cc(OCCC2CCC2)c1. The molecule has 100 valence electrons. The highest BCUT2D eigenvalue weighted by molar-refractivity contribution is 5.50. The lowest BCUT2D eigenvalue weighted by molar-refractivity contribution is 0.221. The minimum atomic E-state index is 0.697. The Morgan fingerprint density at radius 2 is 1.78 bits per heavy atom. The van der Waals surface area contributed by atoms with E-state index in [1.165, 1.54) is 19.3 Å². The number of hydrogen-bond acceptors (Lipinski definition) is 3. The fraction of sp³-hybridized carbons (Fsp3) is 0.600. The standard InChI is InChI=1S/C15H23NO2/c1-2-7-17-14-9-13(16)10-15(11-14)18-8-6-12-4-3-5-12/h9-12H,2-8,16H2,1H3. The Bertz CT molecular complexity index is 375. The number of nitrogen functional groups attached to an aromatic ring is 1. The van der Waals surface area contributed by atoms with Gasteiger partial charge in [-0.15, -0.1) is 0 Å². The van der Waals surface area contributed by atoms with Crippen molar-refractivity contribution in [3.05, 3.63) is 18.2 Å². The van der Waals surface area contributed by atoms with E-state index in [1.807, 2.05) is 18.2 Å². The van der Waals surface area contributed by atoms with Gasteiger partial charge in [0.1, 0.15) is 11.5 Å². The lowest BCUT2D eigenvalue weighted by Gasteiger charge is -2.25. The molecule has 3 heteroatoms. The molecule has 0 aromatic heterocycles. The van der Waals surface area contributed by atoms with E-state index in [0.29, 0.717) is 12.3 Å². The quantitative estimate of drug-likeness (QED) is 0.750. The number of hydrogen-bond donors (Lipinski definition) is 1. The van der Waals surface area contributed by atoms with Gasteiger partial charge in [0.15, 0.2) is 0 Å². The minimum Gasteiger partial charge on any atom is -0.493 e. The molecule has 0 atom stereocenters. The summed E-state index contributed by atoms with van der Waals surface area (Å²) >= 11 is 0. The van der Waals surface area contributed by atoms with E-state index in [1.54, 1.807) is 0 Å². The summed E-state index contributed by atoms with van der Waals surface area (Å²) in [6.45, 7) is 3.58. The van der Waals surface area contributed by atoms with E-state index in [2.05, 4.69) is 6.92 Å². The van der Waals surface area contributed by atoms with Crippen LogP contribution >= 0.6 is 0 Å². The summed E-state index contributed by atoms with van der Waals surface area (Å²) in [4.78, 5) is 0. The van der Waals surface area contributed by atoms with Crippen LogP contribution in [0.4, 0.5) is 5.69 Å². The van der Waals surface area contributed by atoms with Crippen molar-refractivity contribution in [2.24, 2.45) is 5.92 Å². The van der Waals surface area contributed by atoms with Crippen molar-refractivity contribution in [3.63, 3.8) is 0 Å². The highest BCUT2D eigenvalue weighted by Crippen LogP contribution is 2.30. The average Bonchev–Trinajstić information content (AvgIpc) is 2.29. The Morgan fingerprint density at radius 3 is 2.33 bits per heavy atom. The van der Waals surface area contributed by atoms with Gasteiger partial charge < -0.3 is 15.2 Å². The number of anilines is 1. The lowest BCUT2D eigenvalue weighted by Crippen LogP contribution is -2.14. The molecular weight excluding hydrogens is 226 g/mol. The van der Waals surface area contributed by atoms with Gasteiger partial charge in [0.2, 0.25) is 0 Å². The molecule has 0 heterocycles. The molecule has 0 radical (unpaired) electrons. The van der Waals surface area contributed by atoms with Gasteiger partial charge in [-0.3, -0.25) is 0 Å². The Kier molecular flexibility index (Phi) is 4.73. The van der Waals surface area contributed by atoms with Crippen LogP contribution in [0.25, 0.3) is 0 Å². The monoisotopic (exact) mass is 249 g/mol. The molecule has 2 N–H and O–H groups in total. The van der Waals surface area contributed by atoms with Crippen LogP contribution in [0.3, 0.4) is 0 Å².